The normalized spacial score (nSPS) is 10.0. The first kappa shape index (κ1) is 13.2. The highest BCUT2D eigenvalue weighted by atomic mass is 16.6. The molecule has 0 aliphatic heterocycles. The first-order valence-corrected chi connectivity index (χ1v) is 5.43. The largest absolute Gasteiger partial charge is 0.487 e. The first-order chi connectivity index (χ1) is 8.20. The Labute approximate surface area is 99.5 Å². The van der Waals surface area contributed by atoms with Gasteiger partial charge in [-0.25, -0.2) is 0 Å². The summed E-state index contributed by atoms with van der Waals surface area (Å²) < 4.78 is 10.5. The Bertz CT molecular complexity index is 382. The lowest BCUT2D eigenvalue weighted by Gasteiger charge is -2.09. The maximum absolute atomic E-state index is 11.0. The van der Waals surface area contributed by atoms with E-state index in [1.165, 1.54) is 0 Å². The van der Waals surface area contributed by atoms with Crippen molar-refractivity contribution in [2.45, 2.75) is 13.3 Å². The number of nitrogens with two attached hydrogens (primary N) is 1. The van der Waals surface area contributed by atoms with Crippen molar-refractivity contribution in [3.05, 3.63) is 28.3 Å². The Hall–Kier alpha value is -1.82. The molecule has 0 unspecified atom stereocenters. The summed E-state index contributed by atoms with van der Waals surface area (Å²) in [5.41, 5.74) is 5.20. The minimum atomic E-state index is -0.497. The molecule has 1 aromatic rings. The monoisotopic (exact) mass is 240 g/mol. The first-order valence-electron chi connectivity index (χ1n) is 5.43. The molecule has 0 aliphatic rings. The van der Waals surface area contributed by atoms with Gasteiger partial charge in [0.25, 0.3) is 0 Å². The van der Waals surface area contributed by atoms with Crippen LogP contribution in [0.3, 0.4) is 0 Å². The molecule has 0 fully saturated rings. The summed E-state index contributed by atoms with van der Waals surface area (Å²) in [5.74, 6) is 0.442. The molecule has 0 saturated carbocycles. The minimum absolute atomic E-state index is 0.133. The molecular weight excluding hydrogens is 224 g/mol. The maximum Gasteiger partial charge on any atom is 0.352 e. The number of benzene rings is 1. The van der Waals surface area contributed by atoms with E-state index < -0.39 is 4.92 Å². The highest BCUT2D eigenvalue weighted by Crippen LogP contribution is 2.36. The van der Waals surface area contributed by atoms with Crippen molar-refractivity contribution in [2.24, 2.45) is 5.73 Å². The fourth-order valence-electron chi connectivity index (χ4n) is 1.34. The van der Waals surface area contributed by atoms with Crippen LogP contribution in [-0.2, 0) is 0 Å². The molecular formula is C11H16N2O4. The standard InChI is InChI=1S/C11H16N2O4/c1-2-16-9-5-3-6-10(11(9)13(14)15)17-8-4-7-12/h3,5-6H,2,4,7-8,12H2,1H3. The van der Waals surface area contributed by atoms with Crippen LogP contribution in [0.5, 0.6) is 11.5 Å². The molecule has 17 heavy (non-hydrogen) atoms. The van der Waals surface area contributed by atoms with E-state index in [0.29, 0.717) is 26.2 Å². The number of rotatable bonds is 7. The number of ether oxygens (including phenoxy) is 2. The summed E-state index contributed by atoms with van der Waals surface area (Å²) in [7, 11) is 0. The van der Waals surface area contributed by atoms with E-state index >= 15 is 0 Å². The third kappa shape index (κ3) is 3.60. The van der Waals surface area contributed by atoms with Crippen molar-refractivity contribution >= 4 is 5.69 Å². The molecule has 0 aromatic heterocycles. The topological polar surface area (TPSA) is 87.6 Å². The lowest BCUT2D eigenvalue weighted by atomic mass is 10.2. The van der Waals surface area contributed by atoms with E-state index in [2.05, 4.69) is 0 Å². The second-order valence-corrected chi connectivity index (χ2v) is 3.28. The highest BCUT2D eigenvalue weighted by molar-refractivity contribution is 5.57. The van der Waals surface area contributed by atoms with Gasteiger partial charge in [0.1, 0.15) is 0 Å². The Morgan fingerprint density at radius 1 is 1.35 bits per heavy atom. The van der Waals surface area contributed by atoms with Crippen LogP contribution in [0.1, 0.15) is 13.3 Å². The van der Waals surface area contributed by atoms with Gasteiger partial charge in [-0.15, -0.1) is 0 Å². The lowest BCUT2D eigenvalue weighted by Crippen LogP contribution is -2.07. The van der Waals surface area contributed by atoms with Crippen LogP contribution in [0, 0.1) is 10.1 Å². The Balaban J connectivity index is 2.94. The zero-order valence-electron chi connectivity index (χ0n) is 9.72. The number of hydrogen-bond donors (Lipinski definition) is 1. The second kappa shape index (κ2) is 6.70. The zero-order chi connectivity index (χ0) is 12.7. The molecule has 94 valence electrons. The maximum atomic E-state index is 11.0. The molecule has 0 saturated heterocycles. The lowest BCUT2D eigenvalue weighted by molar-refractivity contribution is -0.386. The average Bonchev–Trinajstić information content (AvgIpc) is 2.29. The molecule has 1 aromatic carbocycles. The smallest absolute Gasteiger partial charge is 0.352 e. The van der Waals surface area contributed by atoms with Gasteiger partial charge in [0.15, 0.2) is 0 Å². The molecule has 1 rings (SSSR count). The van der Waals surface area contributed by atoms with Crippen LogP contribution in [0.25, 0.3) is 0 Å². The quantitative estimate of drug-likeness (QED) is 0.445. The third-order valence-corrected chi connectivity index (χ3v) is 2.05. The summed E-state index contributed by atoms with van der Waals surface area (Å²) in [5, 5.41) is 11.0. The van der Waals surface area contributed by atoms with Gasteiger partial charge in [0, 0.05) is 0 Å². The van der Waals surface area contributed by atoms with E-state index in [1.807, 2.05) is 0 Å². The van der Waals surface area contributed by atoms with Crippen LogP contribution < -0.4 is 15.2 Å². The van der Waals surface area contributed by atoms with E-state index in [9.17, 15) is 10.1 Å². The minimum Gasteiger partial charge on any atom is -0.487 e. The summed E-state index contributed by atoms with van der Waals surface area (Å²) >= 11 is 0. The van der Waals surface area contributed by atoms with Crippen LogP contribution in [-0.4, -0.2) is 24.7 Å². The van der Waals surface area contributed by atoms with E-state index in [0.717, 1.165) is 0 Å². The van der Waals surface area contributed by atoms with E-state index in [4.69, 9.17) is 15.2 Å². The average molecular weight is 240 g/mol. The van der Waals surface area contributed by atoms with Crippen LogP contribution in [0.4, 0.5) is 5.69 Å². The van der Waals surface area contributed by atoms with Gasteiger partial charge >= 0.3 is 5.69 Å². The van der Waals surface area contributed by atoms with Gasteiger partial charge in [-0.3, -0.25) is 10.1 Å². The van der Waals surface area contributed by atoms with E-state index in [-0.39, 0.29) is 17.2 Å². The fraction of sp³-hybridized carbons (Fsp3) is 0.455. The highest BCUT2D eigenvalue weighted by Gasteiger charge is 2.21. The van der Waals surface area contributed by atoms with Crippen molar-refractivity contribution in [1.82, 2.24) is 0 Å². The van der Waals surface area contributed by atoms with Gasteiger partial charge in [-0.1, -0.05) is 6.07 Å². The zero-order valence-corrected chi connectivity index (χ0v) is 9.72. The van der Waals surface area contributed by atoms with Crippen LogP contribution >= 0.6 is 0 Å². The van der Waals surface area contributed by atoms with Crippen LogP contribution in [0.2, 0.25) is 0 Å². The molecule has 0 spiro atoms. The van der Waals surface area contributed by atoms with Gasteiger partial charge < -0.3 is 15.2 Å². The SMILES string of the molecule is CCOc1cccc(OCCCN)c1[N+](=O)[O-]. The summed E-state index contributed by atoms with van der Waals surface area (Å²) in [6, 6.07) is 4.77. The van der Waals surface area contributed by atoms with Crippen molar-refractivity contribution in [2.75, 3.05) is 19.8 Å². The fourth-order valence-corrected chi connectivity index (χ4v) is 1.34. The summed E-state index contributed by atoms with van der Waals surface area (Å²) in [6.45, 7) is 2.98. The molecule has 0 radical (unpaired) electrons. The van der Waals surface area contributed by atoms with Gasteiger partial charge in [-0.05, 0) is 32.0 Å². The number of nitro groups is 1. The Morgan fingerprint density at radius 2 is 2.00 bits per heavy atom. The number of nitrogens with zero attached hydrogens (tertiary/aromatic N) is 1. The molecule has 0 atom stereocenters. The summed E-state index contributed by atoms with van der Waals surface area (Å²) in [6.07, 6.45) is 0.649. The van der Waals surface area contributed by atoms with Gasteiger partial charge in [0.2, 0.25) is 11.5 Å². The van der Waals surface area contributed by atoms with Crippen LogP contribution in [0.15, 0.2) is 18.2 Å². The molecule has 0 heterocycles. The third-order valence-electron chi connectivity index (χ3n) is 2.05. The number of hydrogen-bond acceptors (Lipinski definition) is 5. The molecule has 0 bridgehead atoms. The van der Waals surface area contributed by atoms with E-state index in [1.54, 1.807) is 25.1 Å². The molecule has 0 amide bonds. The Kier molecular flexibility index (Phi) is 5.22. The van der Waals surface area contributed by atoms with Crippen molar-refractivity contribution in [3.8, 4) is 11.5 Å². The second-order valence-electron chi connectivity index (χ2n) is 3.28. The molecule has 0 aliphatic carbocycles. The number of nitro benzene ring substituents is 1. The van der Waals surface area contributed by atoms with Gasteiger partial charge in [0.05, 0.1) is 18.1 Å². The molecule has 6 heteroatoms. The Morgan fingerprint density at radius 3 is 2.53 bits per heavy atom. The molecule has 2 N–H and O–H groups in total. The van der Waals surface area contributed by atoms with Crippen molar-refractivity contribution in [1.29, 1.82) is 0 Å². The van der Waals surface area contributed by atoms with Gasteiger partial charge in [-0.2, -0.15) is 0 Å². The predicted molar refractivity (Wildman–Crippen MR) is 63.4 cm³/mol. The molecule has 6 nitrogen and oxygen atoms in total. The van der Waals surface area contributed by atoms with Crippen molar-refractivity contribution < 1.29 is 14.4 Å². The van der Waals surface area contributed by atoms with Crippen molar-refractivity contribution in [3.63, 3.8) is 0 Å². The number of para-hydroxylation sites is 1. The summed E-state index contributed by atoms with van der Waals surface area (Å²) in [4.78, 5) is 10.5. The predicted octanol–water partition coefficient (Wildman–Crippen LogP) is 1.72.